The van der Waals surface area contributed by atoms with Gasteiger partial charge in [0.05, 0.1) is 35.1 Å². The summed E-state index contributed by atoms with van der Waals surface area (Å²) in [5.41, 5.74) is -0.777. The van der Waals surface area contributed by atoms with E-state index in [0.717, 1.165) is 29.5 Å². The van der Waals surface area contributed by atoms with Crippen molar-refractivity contribution in [3.8, 4) is 17.0 Å². The van der Waals surface area contributed by atoms with E-state index in [1.807, 2.05) is 0 Å². The van der Waals surface area contributed by atoms with Crippen LogP contribution in [0.1, 0.15) is 31.1 Å². The van der Waals surface area contributed by atoms with Gasteiger partial charge >= 0.3 is 17.6 Å². The number of hydrogen-bond acceptors (Lipinski definition) is 8. The average Bonchev–Trinajstić information content (AvgIpc) is 3.25. The van der Waals surface area contributed by atoms with Gasteiger partial charge in [-0.05, 0) is 42.5 Å². The number of carbonyl (C=O) groups is 3. The lowest BCUT2D eigenvalue weighted by Crippen LogP contribution is -2.17. The molecule has 0 aliphatic heterocycles. The second-order valence-electron chi connectivity index (χ2n) is 6.71. The van der Waals surface area contributed by atoms with Crippen LogP contribution in [0.25, 0.3) is 22.2 Å². The van der Waals surface area contributed by atoms with Crippen molar-refractivity contribution in [3.05, 3.63) is 75.0 Å². The van der Waals surface area contributed by atoms with Gasteiger partial charge in [-0.1, -0.05) is 0 Å². The molecule has 4 rings (SSSR count). The number of nitrogens with one attached hydrogen (secondary N) is 1. The zero-order valence-electron chi connectivity index (χ0n) is 16.8. The molecule has 0 aliphatic rings. The summed E-state index contributed by atoms with van der Waals surface area (Å²) in [6.45, 7) is 0. The first-order chi connectivity index (χ1) is 15.8. The Morgan fingerprint density at radius 2 is 1.82 bits per heavy atom. The largest absolute Gasteiger partial charge is 0.497 e. The van der Waals surface area contributed by atoms with Crippen LogP contribution >= 0.6 is 11.3 Å². The Labute approximate surface area is 188 Å². The van der Waals surface area contributed by atoms with Crippen LogP contribution in [0, 0.1) is 0 Å². The van der Waals surface area contributed by atoms with Crippen molar-refractivity contribution in [2.45, 2.75) is 0 Å². The van der Waals surface area contributed by atoms with Gasteiger partial charge in [-0.3, -0.25) is 10.1 Å². The van der Waals surface area contributed by atoms with Crippen LogP contribution in [0.5, 0.6) is 5.75 Å². The van der Waals surface area contributed by atoms with Crippen LogP contribution in [0.15, 0.2) is 57.1 Å². The van der Waals surface area contributed by atoms with Crippen LogP contribution in [-0.4, -0.2) is 40.2 Å². The monoisotopic (exact) mass is 466 g/mol. The minimum Gasteiger partial charge on any atom is -0.497 e. The van der Waals surface area contributed by atoms with E-state index < -0.39 is 29.0 Å². The number of carboxylic acids is 2. The molecule has 33 heavy (non-hydrogen) atoms. The summed E-state index contributed by atoms with van der Waals surface area (Å²) in [6.07, 6.45) is 0. The third kappa shape index (κ3) is 4.29. The van der Waals surface area contributed by atoms with E-state index in [0.29, 0.717) is 16.7 Å². The standard InChI is InChI=1S/C22H14N2O8S/c1-31-12-3-5-17-11(6-12)8-15(21(30)32-17)16-9-33-22(23-16)24-18(25)13-4-2-10(19(26)27)7-14(13)20(28)29/h2-9H,1H3,(H,26,27)(H,28,29)(H,23,24,25). The van der Waals surface area contributed by atoms with Crippen molar-refractivity contribution in [1.29, 1.82) is 0 Å². The molecule has 2 heterocycles. The predicted molar refractivity (Wildman–Crippen MR) is 118 cm³/mol. The number of ether oxygens (including phenoxy) is 1. The Morgan fingerprint density at radius 1 is 1.03 bits per heavy atom. The maximum atomic E-state index is 12.6. The molecule has 10 nitrogen and oxygen atoms in total. The molecule has 166 valence electrons. The first-order valence-electron chi connectivity index (χ1n) is 9.26. The maximum Gasteiger partial charge on any atom is 0.345 e. The quantitative estimate of drug-likeness (QED) is 0.361. The summed E-state index contributed by atoms with van der Waals surface area (Å²) < 4.78 is 10.5. The number of carboxylic acid groups (broad SMARTS) is 2. The number of nitrogens with zero attached hydrogens (tertiary/aromatic N) is 1. The first kappa shape index (κ1) is 21.7. The molecule has 0 fully saturated rings. The van der Waals surface area contributed by atoms with E-state index in [9.17, 15) is 24.3 Å². The van der Waals surface area contributed by atoms with Crippen molar-refractivity contribution in [2.75, 3.05) is 12.4 Å². The summed E-state index contributed by atoms with van der Waals surface area (Å²) in [7, 11) is 1.52. The Bertz CT molecular complexity index is 1490. The Kier molecular flexibility index (Phi) is 5.63. The van der Waals surface area contributed by atoms with Crippen LogP contribution in [0.3, 0.4) is 0 Å². The molecule has 2 aromatic carbocycles. The minimum atomic E-state index is -1.45. The molecular weight excluding hydrogens is 452 g/mol. The molecule has 3 N–H and O–H groups in total. The van der Waals surface area contributed by atoms with E-state index in [1.165, 1.54) is 7.11 Å². The van der Waals surface area contributed by atoms with Crippen molar-refractivity contribution in [1.82, 2.24) is 4.98 Å². The summed E-state index contributed by atoms with van der Waals surface area (Å²) >= 11 is 1.02. The highest BCUT2D eigenvalue weighted by molar-refractivity contribution is 7.14. The normalized spacial score (nSPS) is 10.7. The second-order valence-corrected chi connectivity index (χ2v) is 7.57. The van der Waals surface area contributed by atoms with Crippen LogP contribution < -0.4 is 15.7 Å². The molecule has 0 aliphatic carbocycles. The molecule has 11 heteroatoms. The number of aromatic carboxylic acids is 2. The number of rotatable bonds is 6. The molecule has 1 amide bonds. The summed E-state index contributed by atoms with van der Waals surface area (Å²) in [5.74, 6) is -2.98. The van der Waals surface area contributed by atoms with Crippen LogP contribution in [0.4, 0.5) is 5.13 Å². The zero-order chi connectivity index (χ0) is 23.7. The summed E-state index contributed by atoms with van der Waals surface area (Å²) in [4.78, 5) is 51.9. The molecule has 0 atom stereocenters. The first-order valence-corrected chi connectivity index (χ1v) is 10.1. The van der Waals surface area contributed by atoms with Crippen molar-refractivity contribution in [2.24, 2.45) is 0 Å². The van der Waals surface area contributed by atoms with Crippen molar-refractivity contribution < 1.29 is 33.8 Å². The lowest BCUT2D eigenvalue weighted by atomic mass is 10.0. The van der Waals surface area contributed by atoms with Crippen LogP contribution in [0.2, 0.25) is 0 Å². The second kappa shape index (κ2) is 8.55. The molecule has 0 spiro atoms. The summed E-state index contributed by atoms with van der Waals surface area (Å²) in [5, 5.41) is 23.1. The Morgan fingerprint density at radius 3 is 2.52 bits per heavy atom. The zero-order valence-corrected chi connectivity index (χ0v) is 17.6. The van der Waals surface area contributed by atoms with Gasteiger partial charge in [-0.25, -0.2) is 19.4 Å². The number of hydrogen-bond donors (Lipinski definition) is 3. The van der Waals surface area contributed by atoms with Gasteiger partial charge in [-0.15, -0.1) is 11.3 Å². The minimum absolute atomic E-state index is 0.110. The molecular formula is C22H14N2O8S. The van der Waals surface area contributed by atoms with Gasteiger partial charge in [0, 0.05) is 10.8 Å². The van der Waals surface area contributed by atoms with Gasteiger partial charge < -0.3 is 19.4 Å². The summed E-state index contributed by atoms with van der Waals surface area (Å²) in [6, 6.07) is 9.72. The smallest absolute Gasteiger partial charge is 0.345 e. The third-order valence-corrected chi connectivity index (χ3v) is 5.44. The van der Waals surface area contributed by atoms with Crippen LogP contribution in [-0.2, 0) is 0 Å². The molecule has 0 saturated heterocycles. The molecule has 0 unspecified atom stereocenters. The topological polar surface area (TPSA) is 156 Å². The SMILES string of the molecule is COc1ccc2oc(=O)c(-c3csc(NC(=O)c4ccc(C(=O)O)cc4C(=O)O)n3)cc2c1. The van der Waals surface area contributed by atoms with Crippen molar-refractivity contribution in [3.63, 3.8) is 0 Å². The van der Waals surface area contributed by atoms with Crippen molar-refractivity contribution >= 4 is 45.3 Å². The number of fused-ring (bicyclic) bond motifs is 1. The van der Waals surface area contributed by atoms with E-state index in [1.54, 1.807) is 29.6 Å². The van der Waals surface area contributed by atoms with Gasteiger partial charge in [0.2, 0.25) is 0 Å². The number of thiazole rings is 1. The number of amides is 1. The Hall–Kier alpha value is -4.51. The molecule has 0 radical (unpaired) electrons. The lowest BCUT2D eigenvalue weighted by Gasteiger charge is -2.07. The number of anilines is 1. The van der Waals surface area contributed by atoms with E-state index in [4.69, 9.17) is 14.3 Å². The fourth-order valence-corrected chi connectivity index (χ4v) is 3.78. The number of aromatic nitrogens is 1. The number of methoxy groups -OCH3 is 1. The molecule has 0 bridgehead atoms. The van der Waals surface area contributed by atoms with E-state index >= 15 is 0 Å². The van der Waals surface area contributed by atoms with Gasteiger partial charge in [0.25, 0.3) is 5.91 Å². The third-order valence-electron chi connectivity index (χ3n) is 4.68. The number of carbonyl (C=O) groups excluding carboxylic acids is 1. The average molecular weight is 466 g/mol. The highest BCUT2D eigenvalue weighted by Gasteiger charge is 2.20. The van der Waals surface area contributed by atoms with E-state index in [2.05, 4.69) is 10.3 Å². The molecule has 4 aromatic rings. The highest BCUT2D eigenvalue weighted by Crippen LogP contribution is 2.27. The van der Waals surface area contributed by atoms with Gasteiger partial charge in [-0.2, -0.15) is 0 Å². The highest BCUT2D eigenvalue weighted by atomic mass is 32.1. The maximum absolute atomic E-state index is 12.6. The molecule has 0 saturated carbocycles. The van der Waals surface area contributed by atoms with E-state index in [-0.39, 0.29) is 27.5 Å². The fraction of sp³-hybridized carbons (Fsp3) is 0.0455. The number of benzene rings is 2. The predicted octanol–water partition coefficient (Wildman–Crippen LogP) is 3.57. The Balaban J connectivity index is 1.64. The fourth-order valence-electron chi connectivity index (χ4n) is 3.08. The van der Waals surface area contributed by atoms with Gasteiger partial charge in [0.15, 0.2) is 5.13 Å². The van der Waals surface area contributed by atoms with Gasteiger partial charge in [0.1, 0.15) is 11.3 Å². The lowest BCUT2D eigenvalue weighted by molar-refractivity contribution is 0.0692. The molecule has 2 aromatic heterocycles.